The van der Waals surface area contributed by atoms with E-state index in [2.05, 4.69) is 50.8 Å². The SMILES string of the molecule is Cc1cc(-c2ccc(-c3cccc(C4=CCNCC4)c3)nc2N)n[nH]1. The van der Waals surface area contributed by atoms with E-state index in [9.17, 15) is 0 Å². The molecule has 1 aromatic carbocycles. The van der Waals surface area contributed by atoms with Crippen molar-refractivity contribution >= 4 is 11.4 Å². The van der Waals surface area contributed by atoms with Crippen LogP contribution in [-0.4, -0.2) is 28.3 Å². The molecule has 0 radical (unpaired) electrons. The number of H-pyrrole nitrogens is 1. The van der Waals surface area contributed by atoms with Crippen molar-refractivity contribution in [3.63, 3.8) is 0 Å². The molecule has 0 bridgehead atoms. The summed E-state index contributed by atoms with van der Waals surface area (Å²) < 4.78 is 0. The number of nitrogens with one attached hydrogen (secondary N) is 2. The maximum absolute atomic E-state index is 6.20. The van der Waals surface area contributed by atoms with E-state index in [4.69, 9.17) is 5.73 Å². The third kappa shape index (κ3) is 3.19. The van der Waals surface area contributed by atoms with Gasteiger partial charge in [0.2, 0.25) is 0 Å². The van der Waals surface area contributed by atoms with Crippen LogP contribution < -0.4 is 11.1 Å². The Morgan fingerprint density at radius 2 is 1.92 bits per heavy atom. The van der Waals surface area contributed by atoms with Crippen molar-refractivity contribution in [2.24, 2.45) is 0 Å². The Hall–Kier alpha value is -2.92. The Morgan fingerprint density at radius 1 is 1.04 bits per heavy atom. The number of aryl methyl sites for hydroxylation is 1. The third-order valence-electron chi connectivity index (χ3n) is 4.50. The van der Waals surface area contributed by atoms with E-state index in [-0.39, 0.29) is 0 Å². The second-order valence-corrected chi connectivity index (χ2v) is 6.33. The van der Waals surface area contributed by atoms with Crippen LogP contribution in [-0.2, 0) is 0 Å². The molecular formula is C20H21N5. The van der Waals surface area contributed by atoms with E-state index in [1.165, 1.54) is 11.1 Å². The van der Waals surface area contributed by atoms with Crippen LogP contribution in [0.1, 0.15) is 17.7 Å². The minimum absolute atomic E-state index is 0.496. The van der Waals surface area contributed by atoms with Gasteiger partial charge in [-0.25, -0.2) is 4.98 Å². The molecule has 0 unspecified atom stereocenters. The summed E-state index contributed by atoms with van der Waals surface area (Å²) in [6.45, 7) is 3.93. The molecule has 126 valence electrons. The van der Waals surface area contributed by atoms with Crippen LogP contribution in [0.25, 0.3) is 28.1 Å². The quantitative estimate of drug-likeness (QED) is 0.687. The summed E-state index contributed by atoms with van der Waals surface area (Å²) in [6, 6.07) is 14.5. The smallest absolute Gasteiger partial charge is 0.133 e. The van der Waals surface area contributed by atoms with Crippen LogP contribution in [0.3, 0.4) is 0 Å². The third-order valence-corrected chi connectivity index (χ3v) is 4.50. The second kappa shape index (κ2) is 6.53. The van der Waals surface area contributed by atoms with Crippen molar-refractivity contribution in [3.05, 3.63) is 59.8 Å². The van der Waals surface area contributed by atoms with E-state index in [1.807, 2.05) is 25.1 Å². The number of rotatable bonds is 3. The van der Waals surface area contributed by atoms with E-state index in [1.54, 1.807) is 0 Å². The molecule has 0 saturated heterocycles. The molecule has 2 aromatic heterocycles. The molecular weight excluding hydrogens is 310 g/mol. The Labute approximate surface area is 147 Å². The van der Waals surface area contributed by atoms with Gasteiger partial charge < -0.3 is 11.1 Å². The van der Waals surface area contributed by atoms with Gasteiger partial charge in [-0.3, -0.25) is 5.10 Å². The molecule has 0 fully saturated rings. The molecule has 25 heavy (non-hydrogen) atoms. The normalized spacial score (nSPS) is 14.4. The topological polar surface area (TPSA) is 79.6 Å². The van der Waals surface area contributed by atoms with E-state index < -0.39 is 0 Å². The fourth-order valence-electron chi connectivity index (χ4n) is 3.17. The fraction of sp³-hybridized carbons (Fsp3) is 0.200. The van der Waals surface area contributed by atoms with Gasteiger partial charge in [0.1, 0.15) is 5.82 Å². The van der Waals surface area contributed by atoms with Crippen molar-refractivity contribution in [3.8, 4) is 22.5 Å². The Morgan fingerprint density at radius 3 is 2.64 bits per heavy atom. The summed E-state index contributed by atoms with van der Waals surface area (Å²) >= 11 is 0. The first-order valence-electron chi connectivity index (χ1n) is 8.50. The van der Waals surface area contributed by atoms with Crippen molar-refractivity contribution in [2.75, 3.05) is 18.8 Å². The second-order valence-electron chi connectivity index (χ2n) is 6.33. The van der Waals surface area contributed by atoms with Gasteiger partial charge in [-0.2, -0.15) is 5.10 Å². The summed E-state index contributed by atoms with van der Waals surface area (Å²) in [6.07, 6.45) is 3.31. The number of aromatic amines is 1. The molecule has 5 heteroatoms. The Bertz CT molecular complexity index is 939. The first-order chi connectivity index (χ1) is 12.2. The molecule has 5 nitrogen and oxygen atoms in total. The van der Waals surface area contributed by atoms with Crippen molar-refractivity contribution in [1.82, 2.24) is 20.5 Å². The molecule has 0 amide bonds. The number of nitrogens with two attached hydrogens (primary N) is 1. The van der Waals surface area contributed by atoms with Gasteiger partial charge in [-0.15, -0.1) is 0 Å². The molecule has 0 aliphatic carbocycles. The van der Waals surface area contributed by atoms with Crippen molar-refractivity contribution in [1.29, 1.82) is 0 Å². The van der Waals surface area contributed by atoms with Crippen LogP contribution in [0.15, 0.2) is 48.5 Å². The molecule has 1 aliphatic heterocycles. The number of nitrogen functional groups attached to an aromatic ring is 1. The molecule has 1 aliphatic rings. The number of nitrogens with zero attached hydrogens (tertiary/aromatic N) is 2. The van der Waals surface area contributed by atoms with Gasteiger partial charge in [-0.1, -0.05) is 24.3 Å². The average Bonchev–Trinajstić information content (AvgIpc) is 3.08. The maximum Gasteiger partial charge on any atom is 0.133 e. The zero-order valence-corrected chi connectivity index (χ0v) is 14.2. The van der Waals surface area contributed by atoms with E-state index in [0.29, 0.717) is 5.82 Å². The molecule has 0 saturated carbocycles. The van der Waals surface area contributed by atoms with Crippen LogP contribution in [0.4, 0.5) is 5.82 Å². The lowest BCUT2D eigenvalue weighted by Crippen LogP contribution is -2.19. The summed E-state index contributed by atoms with van der Waals surface area (Å²) in [5, 5.41) is 10.6. The first-order valence-corrected chi connectivity index (χ1v) is 8.50. The predicted molar refractivity (Wildman–Crippen MR) is 102 cm³/mol. The van der Waals surface area contributed by atoms with Gasteiger partial charge in [0.05, 0.1) is 11.4 Å². The maximum atomic E-state index is 6.20. The van der Waals surface area contributed by atoms with Gasteiger partial charge in [0.15, 0.2) is 0 Å². The van der Waals surface area contributed by atoms with Crippen LogP contribution in [0, 0.1) is 6.92 Å². The Kier molecular flexibility index (Phi) is 4.07. The summed E-state index contributed by atoms with van der Waals surface area (Å²) in [4.78, 5) is 4.61. The standard InChI is InChI=1S/C20H21N5/c1-13-11-19(25-24-13)17-5-6-18(23-20(17)21)16-4-2-3-15(12-16)14-7-9-22-10-8-14/h2-7,11-12,22H,8-10H2,1H3,(H2,21,23)(H,24,25). The lowest BCUT2D eigenvalue weighted by molar-refractivity contribution is 0.738. The molecule has 0 spiro atoms. The van der Waals surface area contributed by atoms with Crippen molar-refractivity contribution < 1.29 is 0 Å². The minimum Gasteiger partial charge on any atom is -0.383 e. The molecule has 3 heterocycles. The Balaban J connectivity index is 1.68. The molecule has 4 rings (SSSR count). The number of hydrogen-bond donors (Lipinski definition) is 3. The summed E-state index contributed by atoms with van der Waals surface area (Å²) in [5.41, 5.74) is 13.5. The number of hydrogen-bond acceptors (Lipinski definition) is 4. The monoisotopic (exact) mass is 331 g/mol. The highest BCUT2D eigenvalue weighted by molar-refractivity contribution is 5.76. The lowest BCUT2D eigenvalue weighted by Gasteiger charge is -2.15. The van der Waals surface area contributed by atoms with Gasteiger partial charge in [-0.05, 0) is 55.3 Å². The van der Waals surface area contributed by atoms with Gasteiger partial charge >= 0.3 is 0 Å². The number of anilines is 1. The van der Waals surface area contributed by atoms with Crippen molar-refractivity contribution in [2.45, 2.75) is 13.3 Å². The highest BCUT2D eigenvalue weighted by atomic mass is 15.1. The van der Waals surface area contributed by atoms with Crippen LogP contribution >= 0.6 is 0 Å². The molecule has 4 N–H and O–H groups in total. The van der Waals surface area contributed by atoms with Crippen LogP contribution in [0.2, 0.25) is 0 Å². The van der Waals surface area contributed by atoms with Gasteiger partial charge in [0, 0.05) is 23.4 Å². The van der Waals surface area contributed by atoms with E-state index in [0.717, 1.165) is 47.7 Å². The summed E-state index contributed by atoms with van der Waals surface area (Å²) in [7, 11) is 0. The van der Waals surface area contributed by atoms with Crippen LogP contribution in [0.5, 0.6) is 0 Å². The zero-order chi connectivity index (χ0) is 17.2. The molecule has 0 atom stereocenters. The fourth-order valence-corrected chi connectivity index (χ4v) is 3.17. The minimum atomic E-state index is 0.496. The number of pyridine rings is 1. The number of benzene rings is 1. The lowest BCUT2D eigenvalue weighted by atomic mass is 9.97. The molecule has 3 aromatic rings. The summed E-state index contributed by atoms with van der Waals surface area (Å²) in [5.74, 6) is 0.496. The highest BCUT2D eigenvalue weighted by Crippen LogP contribution is 2.29. The predicted octanol–water partition coefficient (Wildman–Crippen LogP) is 3.41. The average molecular weight is 331 g/mol. The largest absolute Gasteiger partial charge is 0.383 e. The first kappa shape index (κ1) is 15.6. The number of aromatic nitrogens is 3. The van der Waals surface area contributed by atoms with Gasteiger partial charge in [0.25, 0.3) is 0 Å². The zero-order valence-electron chi connectivity index (χ0n) is 14.2. The van der Waals surface area contributed by atoms with E-state index >= 15 is 0 Å². The highest BCUT2D eigenvalue weighted by Gasteiger charge is 2.11.